The van der Waals surface area contributed by atoms with E-state index in [4.69, 9.17) is 25.8 Å². The summed E-state index contributed by atoms with van der Waals surface area (Å²) in [5, 5.41) is 5.28. The van der Waals surface area contributed by atoms with Gasteiger partial charge in [-0.05, 0) is 6.42 Å². The van der Waals surface area contributed by atoms with E-state index in [0.717, 1.165) is 0 Å². The molecule has 0 atom stereocenters. The van der Waals surface area contributed by atoms with Crippen LogP contribution in [0.25, 0.3) is 0 Å². The van der Waals surface area contributed by atoms with E-state index in [1.54, 1.807) is 7.11 Å². The van der Waals surface area contributed by atoms with Crippen LogP contribution in [0.2, 0.25) is 5.02 Å². The fourth-order valence-corrected chi connectivity index (χ4v) is 1.87. The van der Waals surface area contributed by atoms with Gasteiger partial charge >= 0.3 is 11.8 Å². The average molecular weight is 331 g/mol. The Morgan fingerprint density at radius 2 is 1.77 bits per heavy atom. The third-order valence-electron chi connectivity index (χ3n) is 2.74. The summed E-state index contributed by atoms with van der Waals surface area (Å²) in [5.74, 6) is -0.864. The molecule has 0 aliphatic heterocycles. The van der Waals surface area contributed by atoms with E-state index in [2.05, 4.69) is 10.6 Å². The minimum absolute atomic E-state index is 0.292. The van der Waals surface area contributed by atoms with Crippen LogP contribution in [0, 0.1) is 0 Å². The number of nitrogens with one attached hydrogen (secondary N) is 2. The quantitative estimate of drug-likeness (QED) is 0.584. The van der Waals surface area contributed by atoms with Gasteiger partial charge < -0.3 is 24.8 Å². The van der Waals surface area contributed by atoms with Crippen LogP contribution in [-0.2, 0) is 14.3 Å². The molecule has 8 heteroatoms. The minimum Gasteiger partial charge on any atom is -0.495 e. The highest BCUT2D eigenvalue weighted by molar-refractivity contribution is 6.40. The largest absolute Gasteiger partial charge is 0.495 e. The zero-order valence-corrected chi connectivity index (χ0v) is 13.5. The molecular formula is C14H19ClN2O5. The monoisotopic (exact) mass is 330 g/mol. The first-order valence-corrected chi connectivity index (χ1v) is 6.91. The normalized spacial score (nSPS) is 10.0. The molecular weight excluding hydrogens is 312 g/mol. The van der Waals surface area contributed by atoms with Gasteiger partial charge in [-0.3, -0.25) is 9.59 Å². The summed E-state index contributed by atoms with van der Waals surface area (Å²) in [7, 11) is 4.44. The second kappa shape index (κ2) is 9.11. The van der Waals surface area contributed by atoms with Crippen LogP contribution >= 0.6 is 11.6 Å². The number of carbonyl (C=O) groups excluding carboxylic acids is 2. The molecule has 0 aromatic heterocycles. The maximum absolute atomic E-state index is 11.8. The lowest BCUT2D eigenvalue weighted by atomic mass is 10.2. The molecule has 0 radical (unpaired) electrons. The Bertz CT molecular complexity index is 536. The zero-order chi connectivity index (χ0) is 16.5. The highest BCUT2D eigenvalue weighted by atomic mass is 35.5. The Balaban J connectivity index is 2.72. The molecule has 1 aromatic rings. The van der Waals surface area contributed by atoms with Crippen molar-refractivity contribution in [2.75, 3.05) is 39.8 Å². The molecule has 0 bridgehead atoms. The van der Waals surface area contributed by atoms with Gasteiger partial charge in [0, 0.05) is 32.4 Å². The topological polar surface area (TPSA) is 85.9 Å². The molecule has 0 aliphatic carbocycles. The molecule has 0 saturated carbocycles. The van der Waals surface area contributed by atoms with Gasteiger partial charge in [0.2, 0.25) is 0 Å². The molecule has 2 amide bonds. The van der Waals surface area contributed by atoms with Gasteiger partial charge in [-0.15, -0.1) is 0 Å². The summed E-state index contributed by atoms with van der Waals surface area (Å²) in [6.07, 6.45) is 0.619. The van der Waals surface area contributed by atoms with Crippen LogP contribution in [0.1, 0.15) is 6.42 Å². The Morgan fingerprint density at radius 1 is 1.09 bits per heavy atom. The second-order valence-electron chi connectivity index (χ2n) is 4.24. The Morgan fingerprint density at radius 3 is 2.36 bits per heavy atom. The maximum Gasteiger partial charge on any atom is 0.313 e. The third kappa shape index (κ3) is 5.09. The summed E-state index contributed by atoms with van der Waals surface area (Å²) in [6.45, 7) is 0.852. The molecule has 0 aliphatic rings. The highest BCUT2D eigenvalue weighted by Gasteiger charge is 2.17. The van der Waals surface area contributed by atoms with Crippen LogP contribution in [0.5, 0.6) is 11.5 Å². The SMILES string of the molecule is COCCCNC(=O)C(=O)Nc1cc(OC)c(Cl)cc1OC. The number of rotatable bonds is 7. The van der Waals surface area contributed by atoms with Gasteiger partial charge in [-0.25, -0.2) is 0 Å². The van der Waals surface area contributed by atoms with Gasteiger partial charge in [-0.1, -0.05) is 11.6 Å². The highest BCUT2D eigenvalue weighted by Crippen LogP contribution is 2.35. The molecule has 22 heavy (non-hydrogen) atoms. The summed E-state index contributed by atoms with van der Waals surface area (Å²) < 4.78 is 15.0. The van der Waals surface area contributed by atoms with Crippen molar-refractivity contribution in [2.45, 2.75) is 6.42 Å². The van der Waals surface area contributed by atoms with Gasteiger partial charge in [0.05, 0.1) is 24.9 Å². The lowest BCUT2D eigenvalue weighted by molar-refractivity contribution is -0.136. The number of amides is 2. The molecule has 0 heterocycles. The summed E-state index contributed by atoms with van der Waals surface area (Å²) in [6, 6.07) is 2.98. The number of hydrogen-bond donors (Lipinski definition) is 2. The van der Waals surface area contributed by atoms with E-state index in [-0.39, 0.29) is 0 Å². The molecule has 0 spiro atoms. The van der Waals surface area contributed by atoms with Gasteiger partial charge in [-0.2, -0.15) is 0 Å². The van der Waals surface area contributed by atoms with Crippen molar-refractivity contribution in [2.24, 2.45) is 0 Å². The Hall–Kier alpha value is -1.99. The van der Waals surface area contributed by atoms with Crippen LogP contribution in [0.15, 0.2) is 12.1 Å². The molecule has 0 unspecified atom stereocenters. The smallest absolute Gasteiger partial charge is 0.313 e. The third-order valence-corrected chi connectivity index (χ3v) is 3.03. The van der Waals surface area contributed by atoms with Crippen molar-refractivity contribution < 1.29 is 23.8 Å². The molecule has 7 nitrogen and oxygen atoms in total. The molecule has 122 valence electrons. The van der Waals surface area contributed by atoms with E-state index in [1.165, 1.54) is 26.4 Å². The first kappa shape index (κ1) is 18.1. The number of benzene rings is 1. The first-order chi connectivity index (χ1) is 10.5. The van der Waals surface area contributed by atoms with E-state index in [1.807, 2.05) is 0 Å². The number of anilines is 1. The van der Waals surface area contributed by atoms with Gasteiger partial charge in [0.1, 0.15) is 11.5 Å². The van der Waals surface area contributed by atoms with Crippen molar-refractivity contribution in [1.82, 2.24) is 5.32 Å². The second-order valence-corrected chi connectivity index (χ2v) is 4.65. The molecule has 1 rings (SSSR count). The Labute approximate surface area is 133 Å². The summed E-state index contributed by atoms with van der Waals surface area (Å²) in [5.41, 5.74) is 0.292. The minimum atomic E-state index is -0.805. The van der Waals surface area contributed by atoms with E-state index >= 15 is 0 Å². The zero-order valence-electron chi connectivity index (χ0n) is 12.7. The van der Waals surface area contributed by atoms with E-state index < -0.39 is 11.8 Å². The fraction of sp³-hybridized carbons (Fsp3) is 0.429. The Kier molecular flexibility index (Phi) is 7.48. The standard InChI is InChI=1S/C14H19ClN2O5/c1-20-6-4-5-16-13(18)14(19)17-10-8-11(21-2)9(15)7-12(10)22-3/h7-8H,4-6H2,1-3H3,(H,16,18)(H,17,19). The van der Waals surface area contributed by atoms with Gasteiger partial charge in [0.25, 0.3) is 0 Å². The van der Waals surface area contributed by atoms with Crippen molar-refractivity contribution in [3.05, 3.63) is 17.2 Å². The molecule has 0 saturated heterocycles. The number of methoxy groups -OCH3 is 3. The average Bonchev–Trinajstić information content (AvgIpc) is 2.52. The number of halogens is 1. The number of ether oxygens (including phenoxy) is 3. The summed E-state index contributed by atoms with van der Waals surface area (Å²) >= 11 is 5.97. The van der Waals surface area contributed by atoms with E-state index in [9.17, 15) is 9.59 Å². The molecule has 0 fully saturated rings. The predicted octanol–water partition coefficient (Wildman–Crippen LogP) is 1.45. The van der Waals surface area contributed by atoms with Crippen LogP contribution < -0.4 is 20.1 Å². The van der Waals surface area contributed by atoms with Crippen molar-refractivity contribution >= 4 is 29.1 Å². The van der Waals surface area contributed by atoms with Crippen LogP contribution in [0.4, 0.5) is 5.69 Å². The van der Waals surface area contributed by atoms with Crippen LogP contribution in [0.3, 0.4) is 0 Å². The van der Waals surface area contributed by atoms with Crippen molar-refractivity contribution in [1.29, 1.82) is 0 Å². The maximum atomic E-state index is 11.8. The molecule has 1 aromatic carbocycles. The van der Waals surface area contributed by atoms with Crippen molar-refractivity contribution in [3.63, 3.8) is 0 Å². The fourth-order valence-electron chi connectivity index (χ4n) is 1.64. The summed E-state index contributed by atoms with van der Waals surface area (Å²) in [4.78, 5) is 23.5. The molecule has 2 N–H and O–H groups in total. The van der Waals surface area contributed by atoms with Crippen LogP contribution in [-0.4, -0.2) is 46.3 Å². The van der Waals surface area contributed by atoms with Gasteiger partial charge in [0.15, 0.2) is 0 Å². The lowest BCUT2D eigenvalue weighted by Crippen LogP contribution is -2.36. The number of carbonyl (C=O) groups is 2. The van der Waals surface area contributed by atoms with E-state index in [0.29, 0.717) is 41.8 Å². The predicted molar refractivity (Wildman–Crippen MR) is 82.7 cm³/mol. The first-order valence-electron chi connectivity index (χ1n) is 6.53. The lowest BCUT2D eigenvalue weighted by Gasteiger charge is -2.13. The van der Waals surface area contributed by atoms with Crippen molar-refractivity contribution in [3.8, 4) is 11.5 Å². The number of hydrogen-bond acceptors (Lipinski definition) is 5.